The average molecular weight is 378 g/mol. The summed E-state index contributed by atoms with van der Waals surface area (Å²) in [7, 11) is -1.94. The smallest absolute Gasteiger partial charge is 0.336 e. The minimum Gasteiger partial charge on any atom is -0.423 e. The molecule has 1 fully saturated rings. The highest BCUT2D eigenvalue weighted by molar-refractivity contribution is 7.89. The number of benzene rings is 1. The normalized spacial score (nSPS) is 16.8. The zero-order chi connectivity index (χ0) is 18.6. The Balaban J connectivity index is 1.64. The quantitative estimate of drug-likeness (QED) is 0.723. The Morgan fingerprint density at radius 1 is 1.08 bits per heavy atom. The number of hydrogen-bond acceptors (Lipinski definition) is 5. The van der Waals surface area contributed by atoms with E-state index in [1.165, 1.54) is 48.2 Å². The second-order valence-electron chi connectivity index (χ2n) is 6.89. The summed E-state index contributed by atoms with van der Waals surface area (Å²) < 4.78 is 32.1. The molecular formula is C19H26N2O4S. The zero-order valence-electron chi connectivity index (χ0n) is 15.2. The fourth-order valence-corrected chi connectivity index (χ4v) is 4.63. The maximum atomic E-state index is 12.8. The van der Waals surface area contributed by atoms with Crippen LogP contribution in [0.1, 0.15) is 32.1 Å². The molecule has 0 aliphatic carbocycles. The van der Waals surface area contributed by atoms with Crippen LogP contribution in [0.5, 0.6) is 0 Å². The van der Waals surface area contributed by atoms with Gasteiger partial charge in [-0.15, -0.1) is 0 Å². The highest BCUT2D eigenvalue weighted by Crippen LogP contribution is 2.20. The van der Waals surface area contributed by atoms with E-state index in [9.17, 15) is 13.2 Å². The molecule has 2 aromatic rings. The summed E-state index contributed by atoms with van der Waals surface area (Å²) in [5.74, 6) is 0. The highest BCUT2D eigenvalue weighted by Gasteiger charge is 2.21. The SMILES string of the molecule is CN(CCCN1CCCCCC1)S(=O)(=O)c1ccc2oc(=O)ccc2c1. The van der Waals surface area contributed by atoms with Gasteiger partial charge in [0.05, 0.1) is 4.90 Å². The summed E-state index contributed by atoms with van der Waals surface area (Å²) in [6.07, 6.45) is 5.89. The summed E-state index contributed by atoms with van der Waals surface area (Å²) in [5, 5.41) is 0.601. The van der Waals surface area contributed by atoms with Crippen molar-refractivity contribution in [2.45, 2.75) is 37.0 Å². The van der Waals surface area contributed by atoms with Gasteiger partial charge in [-0.1, -0.05) is 12.8 Å². The number of sulfonamides is 1. The van der Waals surface area contributed by atoms with Gasteiger partial charge in [-0.05, 0) is 63.2 Å². The third-order valence-corrected chi connectivity index (χ3v) is 6.80. The van der Waals surface area contributed by atoms with Crippen molar-refractivity contribution in [2.75, 3.05) is 33.2 Å². The van der Waals surface area contributed by atoms with Crippen molar-refractivity contribution in [3.05, 3.63) is 40.8 Å². The van der Waals surface area contributed by atoms with Gasteiger partial charge in [0.2, 0.25) is 10.0 Å². The van der Waals surface area contributed by atoms with Gasteiger partial charge >= 0.3 is 5.63 Å². The van der Waals surface area contributed by atoms with Crippen molar-refractivity contribution in [1.29, 1.82) is 0 Å². The van der Waals surface area contributed by atoms with Gasteiger partial charge in [0.1, 0.15) is 5.58 Å². The van der Waals surface area contributed by atoms with E-state index in [1.807, 2.05) is 0 Å². The fraction of sp³-hybridized carbons (Fsp3) is 0.526. The fourth-order valence-electron chi connectivity index (χ4n) is 3.39. The van der Waals surface area contributed by atoms with E-state index in [4.69, 9.17) is 4.42 Å². The van der Waals surface area contributed by atoms with E-state index >= 15 is 0 Å². The number of likely N-dealkylation sites (tertiary alicyclic amines) is 1. The monoisotopic (exact) mass is 378 g/mol. The second-order valence-corrected chi connectivity index (χ2v) is 8.93. The van der Waals surface area contributed by atoms with Crippen molar-refractivity contribution in [3.8, 4) is 0 Å². The van der Waals surface area contributed by atoms with Gasteiger partial charge < -0.3 is 9.32 Å². The summed E-state index contributed by atoms with van der Waals surface area (Å²) in [5.41, 5.74) is -0.0565. The maximum Gasteiger partial charge on any atom is 0.336 e. The first-order chi connectivity index (χ1) is 12.5. The van der Waals surface area contributed by atoms with Crippen LogP contribution in [0.2, 0.25) is 0 Å². The molecule has 3 rings (SSSR count). The first-order valence-corrected chi connectivity index (χ1v) is 10.6. The van der Waals surface area contributed by atoms with Crippen molar-refractivity contribution in [1.82, 2.24) is 9.21 Å². The van der Waals surface area contributed by atoms with Crippen LogP contribution in [0.3, 0.4) is 0 Å². The Morgan fingerprint density at radius 2 is 1.81 bits per heavy atom. The Labute approximate surface area is 154 Å². The van der Waals surface area contributed by atoms with Crippen molar-refractivity contribution in [3.63, 3.8) is 0 Å². The minimum absolute atomic E-state index is 0.219. The molecule has 0 amide bonds. The molecule has 0 atom stereocenters. The molecule has 0 bridgehead atoms. The summed E-state index contributed by atoms with van der Waals surface area (Å²) in [6.45, 7) is 3.65. The van der Waals surface area contributed by atoms with Crippen LogP contribution < -0.4 is 5.63 Å². The van der Waals surface area contributed by atoms with Crippen LogP contribution in [0.4, 0.5) is 0 Å². The Kier molecular flexibility index (Phi) is 6.11. The largest absolute Gasteiger partial charge is 0.423 e. The van der Waals surface area contributed by atoms with Gasteiger partial charge in [-0.2, -0.15) is 0 Å². The molecule has 1 aliphatic rings. The molecular weight excluding hydrogens is 352 g/mol. The molecule has 0 saturated carbocycles. The number of nitrogens with zero attached hydrogens (tertiary/aromatic N) is 2. The van der Waals surface area contributed by atoms with E-state index in [1.54, 1.807) is 19.2 Å². The minimum atomic E-state index is -3.56. The summed E-state index contributed by atoms with van der Waals surface area (Å²) in [4.78, 5) is 13.9. The first-order valence-electron chi connectivity index (χ1n) is 9.19. The second kappa shape index (κ2) is 8.33. The van der Waals surface area contributed by atoms with Crippen molar-refractivity contribution < 1.29 is 12.8 Å². The van der Waals surface area contributed by atoms with Crippen LogP contribution in [-0.2, 0) is 10.0 Å². The van der Waals surface area contributed by atoms with Crippen molar-refractivity contribution >= 4 is 21.0 Å². The molecule has 1 aromatic carbocycles. The van der Waals surface area contributed by atoms with Crippen LogP contribution in [0, 0.1) is 0 Å². The molecule has 0 N–H and O–H groups in total. The lowest BCUT2D eigenvalue weighted by molar-refractivity contribution is 0.273. The van der Waals surface area contributed by atoms with Crippen LogP contribution >= 0.6 is 0 Å². The zero-order valence-corrected chi connectivity index (χ0v) is 16.0. The van der Waals surface area contributed by atoms with E-state index in [0.29, 0.717) is 17.5 Å². The van der Waals surface area contributed by atoms with Crippen molar-refractivity contribution in [2.24, 2.45) is 0 Å². The van der Waals surface area contributed by atoms with Crippen LogP contribution in [0.15, 0.2) is 44.4 Å². The van der Waals surface area contributed by atoms with Gasteiger partial charge in [-0.25, -0.2) is 17.5 Å². The lowest BCUT2D eigenvalue weighted by Gasteiger charge is -2.22. The van der Waals surface area contributed by atoms with Gasteiger partial charge in [0, 0.05) is 25.0 Å². The Bertz CT molecular complexity index is 899. The summed E-state index contributed by atoms with van der Waals surface area (Å²) in [6, 6.07) is 7.46. The molecule has 2 heterocycles. The topological polar surface area (TPSA) is 70.8 Å². The maximum absolute atomic E-state index is 12.8. The average Bonchev–Trinajstić information content (AvgIpc) is 2.90. The van der Waals surface area contributed by atoms with Gasteiger partial charge in [-0.3, -0.25) is 0 Å². The molecule has 142 valence electrons. The standard InChI is InChI=1S/C19H26N2O4S/c1-20(11-6-14-21-12-4-2-3-5-13-21)26(23,24)17-8-9-18-16(15-17)7-10-19(22)25-18/h7-10,15H,2-6,11-14H2,1H3. The molecule has 1 saturated heterocycles. The summed E-state index contributed by atoms with van der Waals surface area (Å²) >= 11 is 0. The van der Waals surface area contributed by atoms with Gasteiger partial charge in [0.25, 0.3) is 0 Å². The van der Waals surface area contributed by atoms with E-state index in [-0.39, 0.29) is 4.90 Å². The number of fused-ring (bicyclic) bond motifs is 1. The molecule has 0 radical (unpaired) electrons. The Hall–Kier alpha value is -1.70. The molecule has 1 aromatic heterocycles. The third kappa shape index (κ3) is 4.52. The molecule has 1 aliphatic heterocycles. The lowest BCUT2D eigenvalue weighted by atomic mass is 10.2. The van der Waals surface area contributed by atoms with E-state index < -0.39 is 15.6 Å². The molecule has 7 heteroatoms. The van der Waals surface area contributed by atoms with E-state index in [0.717, 1.165) is 26.1 Å². The molecule has 6 nitrogen and oxygen atoms in total. The number of rotatable bonds is 6. The lowest BCUT2D eigenvalue weighted by Crippen LogP contribution is -2.32. The van der Waals surface area contributed by atoms with Gasteiger partial charge in [0.15, 0.2) is 0 Å². The Morgan fingerprint density at radius 3 is 2.54 bits per heavy atom. The molecule has 0 spiro atoms. The third-order valence-electron chi connectivity index (χ3n) is 4.94. The first kappa shape index (κ1) is 19.1. The van der Waals surface area contributed by atoms with Crippen LogP contribution in [0.25, 0.3) is 11.0 Å². The highest BCUT2D eigenvalue weighted by atomic mass is 32.2. The molecule has 26 heavy (non-hydrogen) atoms. The number of hydrogen-bond donors (Lipinski definition) is 0. The predicted octanol–water partition coefficient (Wildman–Crippen LogP) is 2.68. The molecule has 0 unspecified atom stereocenters. The van der Waals surface area contributed by atoms with Crippen LogP contribution in [-0.4, -0.2) is 50.8 Å². The predicted molar refractivity (Wildman–Crippen MR) is 102 cm³/mol. The van der Waals surface area contributed by atoms with E-state index in [2.05, 4.69) is 4.90 Å².